The number of fused-ring (bicyclic) bond motifs is 3. The molecule has 0 fully saturated rings. The molecule has 27 heavy (non-hydrogen) atoms. The summed E-state index contributed by atoms with van der Waals surface area (Å²) in [6, 6.07) is 5.85. The van der Waals surface area contributed by atoms with Crippen LogP contribution in [0.25, 0.3) is 10.2 Å². The number of aromatic nitrogens is 2. The maximum absolute atomic E-state index is 13.0. The lowest BCUT2D eigenvalue weighted by molar-refractivity contribution is -0.121. The zero-order chi connectivity index (χ0) is 19.0. The Kier molecular flexibility index (Phi) is 4.78. The molecule has 0 unspecified atom stereocenters. The van der Waals surface area contributed by atoms with E-state index in [-0.39, 0.29) is 29.7 Å². The number of rotatable bonds is 5. The van der Waals surface area contributed by atoms with E-state index in [0.29, 0.717) is 12.2 Å². The number of thiophene rings is 1. The number of amides is 1. The second-order valence-corrected chi connectivity index (χ2v) is 7.97. The molecule has 4 rings (SSSR count). The minimum Gasteiger partial charge on any atom is -0.350 e. The number of hydrogen-bond acceptors (Lipinski definition) is 4. The van der Waals surface area contributed by atoms with E-state index >= 15 is 0 Å². The van der Waals surface area contributed by atoms with Crippen LogP contribution in [0.2, 0.25) is 0 Å². The maximum atomic E-state index is 13.0. The molecule has 1 aromatic carbocycles. The number of nitrogens with zero attached hydrogens (tertiary/aromatic N) is 1. The highest BCUT2D eigenvalue weighted by molar-refractivity contribution is 7.18. The van der Waals surface area contributed by atoms with Gasteiger partial charge in [-0.05, 0) is 49.4 Å². The zero-order valence-corrected chi connectivity index (χ0v) is 15.8. The molecule has 1 amide bonds. The molecule has 0 saturated carbocycles. The molecule has 0 spiro atoms. The summed E-state index contributed by atoms with van der Waals surface area (Å²) in [4.78, 5) is 34.1. The molecule has 3 aromatic rings. The van der Waals surface area contributed by atoms with Crippen molar-refractivity contribution in [3.8, 4) is 0 Å². The molecule has 0 radical (unpaired) electrons. The van der Waals surface area contributed by atoms with Gasteiger partial charge in [0.1, 0.15) is 16.5 Å². The van der Waals surface area contributed by atoms with Crippen LogP contribution in [0.4, 0.5) is 4.39 Å². The number of nitrogens with one attached hydrogen (secondary N) is 2. The first-order chi connectivity index (χ1) is 13.0. The zero-order valence-electron chi connectivity index (χ0n) is 15.0. The van der Waals surface area contributed by atoms with E-state index in [2.05, 4.69) is 15.3 Å². The third-order valence-corrected chi connectivity index (χ3v) is 6.15. The number of benzene rings is 1. The quantitative estimate of drug-likeness (QED) is 0.707. The van der Waals surface area contributed by atoms with Gasteiger partial charge >= 0.3 is 0 Å². The largest absolute Gasteiger partial charge is 0.350 e. The number of hydrogen-bond donors (Lipinski definition) is 2. The molecule has 0 saturated heterocycles. The van der Waals surface area contributed by atoms with Gasteiger partial charge in [-0.1, -0.05) is 12.1 Å². The standard InChI is InChI=1S/C20H20FN3O2S/c1-11(12-5-7-13(21)8-6-12)22-17(25)10-9-16-23-19(26)18-14-3-2-4-15(14)27-20(18)24-16/h5-8,11H,2-4,9-10H2,1H3,(H,22,25)(H,23,24,26)/t11-/m0/s1. The van der Waals surface area contributed by atoms with Gasteiger partial charge in [-0.3, -0.25) is 9.59 Å². The van der Waals surface area contributed by atoms with E-state index in [1.807, 2.05) is 6.92 Å². The van der Waals surface area contributed by atoms with Crippen LogP contribution >= 0.6 is 11.3 Å². The summed E-state index contributed by atoms with van der Waals surface area (Å²) in [7, 11) is 0. The molecule has 0 bridgehead atoms. The molecule has 140 valence electrons. The summed E-state index contributed by atoms with van der Waals surface area (Å²) in [6.07, 6.45) is 3.67. The highest BCUT2D eigenvalue weighted by Gasteiger charge is 2.21. The van der Waals surface area contributed by atoms with Crippen molar-refractivity contribution < 1.29 is 9.18 Å². The summed E-state index contributed by atoms with van der Waals surface area (Å²) in [5, 5.41) is 3.62. The van der Waals surface area contributed by atoms with Gasteiger partial charge in [-0.25, -0.2) is 9.37 Å². The topological polar surface area (TPSA) is 74.8 Å². The van der Waals surface area contributed by atoms with Crippen LogP contribution in [0.3, 0.4) is 0 Å². The molecule has 2 heterocycles. The van der Waals surface area contributed by atoms with Gasteiger partial charge in [0.15, 0.2) is 0 Å². The molecule has 0 aliphatic heterocycles. The first-order valence-corrected chi connectivity index (χ1v) is 9.91. The number of carbonyl (C=O) groups excluding carboxylic acids is 1. The van der Waals surface area contributed by atoms with E-state index in [9.17, 15) is 14.0 Å². The molecular weight excluding hydrogens is 365 g/mol. The van der Waals surface area contributed by atoms with Crippen molar-refractivity contribution >= 4 is 27.5 Å². The predicted molar refractivity (Wildman–Crippen MR) is 104 cm³/mol. The van der Waals surface area contributed by atoms with Crippen molar-refractivity contribution in [1.82, 2.24) is 15.3 Å². The third-order valence-electron chi connectivity index (χ3n) is 4.96. The Hall–Kier alpha value is -2.54. The van der Waals surface area contributed by atoms with Crippen LogP contribution in [0.5, 0.6) is 0 Å². The maximum Gasteiger partial charge on any atom is 0.259 e. The van der Waals surface area contributed by atoms with Crippen molar-refractivity contribution in [2.45, 2.75) is 45.1 Å². The lowest BCUT2D eigenvalue weighted by Crippen LogP contribution is -2.27. The van der Waals surface area contributed by atoms with Crippen LogP contribution in [-0.4, -0.2) is 15.9 Å². The van der Waals surface area contributed by atoms with Crippen molar-refractivity contribution in [1.29, 1.82) is 0 Å². The van der Waals surface area contributed by atoms with E-state index in [1.165, 1.54) is 17.0 Å². The monoisotopic (exact) mass is 385 g/mol. The molecule has 7 heteroatoms. The van der Waals surface area contributed by atoms with E-state index in [0.717, 1.165) is 40.6 Å². The minimum atomic E-state index is -0.303. The van der Waals surface area contributed by atoms with Crippen LogP contribution in [0.15, 0.2) is 29.1 Å². The van der Waals surface area contributed by atoms with Crippen molar-refractivity contribution in [2.75, 3.05) is 0 Å². The van der Waals surface area contributed by atoms with Crippen molar-refractivity contribution in [3.63, 3.8) is 0 Å². The summed E-state index contributed by atoms with van der Waals surface area (Å²) in [5.41, 5.74) is 1.89. The van der Waals surface area contributed by atoms with Gasteiger partial charge in [0.05, 0.1) is 11.4 Å². The van der Waals surface area contributed by atoms with E-state index in [4.69, 9.17) is 0 Å². The Morgan fingerprint density at radius 1 is 1.33 bits per heavy atom. The molecule has 2 N–H and O–H groups in total. The summed E-state index contributed by atoms with van der Waals surface area (Å²) in [6.45, 7) is 1.85. The Balaban J connectivity index is 1.41. The first kappa shape index (κ1) is 17.9. The minimum absolute atomic E-state index is 0.102. The second-order valence-electron chi connectivity index (χ2n) is 6.89. The number of halogens is 1. The first-order valence-electron chi connectivity index (χ1n) is 9.09. The van der Waals surface area contributed by atoms with Gasteiger partial charge in [0, 0.05) is 17.7 Å². The van der Waals surface area contributed by atoms with Crippen LogP contribution in [0.1, 0.15) is 47.6 Å². The Bertz CT molecular complexity index is 1060. The molecule has 1 atom stereocenters. The highest BCUT2D eigenvalue weighted by Crippen LogP contribution is 2.34. The van der Waals surface area contributed by atoms with Crippen LogP contribution < -0.4 is 10.9 Å². The number of carbonyl (C=O) groups is 1. The van der Waals surface area contributed by atoms with Crippen LogP contribution in [-0.2, 0) is 24.1 Å². The van der Waals surface area contributed by atoms with E-state index in [1.54, 1.807) is 23.5 Å². The fourth-order valence-corrected chi connectivity index (χ4v) is 4.83. The number of H-pyrrole nitrogens is 1. The number of aryl methyl sites for hydroxylation is 3. The van der Waals surface area contributed by atoms with Crippen LogP contribution in [0, 0.1) is 5.82 Å². The summed E-state index contributed by atoms with van der Waals surface area (Å²) >= 11 is 1.60. The van der Waals surface area contributed by atoms with Gasteiger partial charge in [-0.15, -0.1) is 11.3 Å². The average Bonchev–Trinajstić information content (AvgIpc) is 3.21. The van der Waals surface area contributed by atoms with Gasteiger partial charge in [0.25, 0.3) is 5.56 Å². The molecule has 2 aromatic heterocycles. The SMILES string of the molecule is C[C@H](NC(=O)CCc1nc2sc3c(c2c(=O)[nH]1)CCC3)c1ccc(F)cc1. The molecule has 1 aliphatic rings. The predicted octanol–water partition coefficient (Wildman–Crippen LogP) is 3.42. The fraction of sp³-hybridized carbons (Fsp3) is 0.350. The molecule has 5 nitrogen and oxygen atoms in total. The Labute approximate surface area is 159 Å². The van der Waals surface area contributed by atoms with Gasteiger partial charge in [-0.2, -0.15) is 0 Å². The third kappa shape index (κ3) is 3.64. The Morgan fingerprint density at radius 3 is 2.89 bits per heavy atom. The molecule has 1 aliphatic carbocycles. The lowest BCUT2D eigenvalue weighted by Gasteiger charge is -2.14. The smallest absolute Gasteiger partial charge is 0.259 e. The highest BCUT2D eigenvalue weighted by atomic mass is 32.1. The van der Waals surface area contributed by atoms with E-state index < -0.39 is 0 Å². The average molecular weight is 385 g/mol. The number of aromatic amines is 1. The Morgan fingerprint density at radius 2 is 2.11 bits per heavy atom. The fourth-order valence-electron chi connectivity index (χ4n) is 3.55. The van der Waals surface area contributed by atoms with Gasteiger partial charge < -0.3 is 10.3 Å². The molecular formula is C20H20FN3O2S. The van der Waals surface area contributed by atoms with Gasteiger partial charge in [0.2, 0.25) is 5.91 Å². The van der Waals surface area contributed by atoms with Crippen molar-refractivity contribution in [3.05, 3.63) is 62.3 Å². The summed E-state index contributed by atoms with van der Waals surface area (Å²) in [5.74, 6) is 0.0995. The summed E-state index contributed by atoms with van der Waals surface area (Å²) < 4.78 is 13.0. The lowest BCUT2D eigenvalue weighted by atomic mass is 10.1. The van der Waals surface area contributed by atoms with Crippen molar-refractivity contribution in [2.24, 2.45) is 0 Å². The second kappa shape index (κ2) is 7.23. The normalized spacial score (nSPS) is 14.3.